The van der Waals surface area contributed by atoms with Gasteiger partial charge in [0.1, 0.15) is 33.8 Å². The van der Waals surface area contributed by atoms with E-state index in [2.05, 4.69) is 15.1 Å². The average Bonchev–Trinajstić information content (AvgIpc) is 2.89. The smallest absolute Gasteiger partial charge is 0.216 e. The number of halogens is 1. The van der Waals surface area contributed by atoms with E-state index in [0.717, 1.165) is 67.5 Å². The summed E-state index contributed by atoms with van der Waals surface area (Å²) >= 11 is 5.85. The highest BCUT2D eigenvalue weighted by atomic mass is 35.5. The minimum atomic E-state index is -4.49. The molecule has 3 aromatic carbocycles. The molecule has 0 aliphatic carbocycles. The molecule has 12 heteroatoms. The Morgan fingerprint density at radius 2 is 1.53 bits per heavy atom. The second-order valence-corrected chi connectivity index (χ2v) is 11.1. The maximum absolute atomic E-state index is 12.3. The lowest BCUT2D eigenvalue weighted by Crippen LogP contribution is -2.68. The van der Waals surface area contributed by atoms with Gasteiger partial charge in [0.25, 0.3) is 0 Å². The molecule has 0 saturated carbocycles. The highest BCUT2D eigenvalue weighted by Crippen LogP contribution is 2.31. The summed E-state index contributed by atoms with van der Waals surface area (Å²) in [6, 6.07) is 15.9. The summed E-state index contributed by atoms with van der Waals surface area (Å²) in [4.78, 5) is 14.5. The molecule has 3 aromatic rings. The van der Waals surface area contributed by atoms with Crippen LogP contribution in [0, 0.1) is 0 Å². The summed E-state index contributed by atoms with van der Waals surface area (Å²) in [5.41, 5.74) is 1.24. The van der Waals surface area contributed by atoms with Gasteiger partial charge in [0.2, 0.25) is 5.78 Å². The van der Waals surface area contributed by atoms with Crippen molar-refractivity contribution in [2.45, 2.75) is 4.90 Å². The summed E-state index contributed by atoms with van der Waals surface area (Å²) in [5.74, 6) is -0.0963. The van der Waals surface area contributed by atoms with Crippen LogP contribution in [0.3, 0.4) is 0 Å². The number of carbonyl (C=O) groups is 1. The number of piperazine rings is 3. The molecule has 200 valence electrons. The third kappa shape index (κ3) is 7.15. The third-order valence-electron chi connectivity index (χ3n) is 6.67. The molecule has 6 rings (SSSR count). The van der Waals surface area contributed by atoms with Crippen molar-refractivity contribution in [3.8, 4) is 11.5 Å². The quantitative estimate of drug-likeness (QED) is 0.201. The van der Waals surface area contributed by atoms with Gasteiger partial charge >= 0.3 is 0 Å². The van der Waals surface area contributed by atoms with Crippen LogP contribution >= 0.6 is 11.6 Å². The van der Waals surface area contributed by atoms with Crippen molar-refractivity contribution in [1.29, 1.82) is 0 Å². The average molecular weight is 559 g/mol. The summed E-state index contributed by atoms with van der Waals surface area (Å²) in [7, 11) is -4.49. The van der Waals surface area contributed by atoms with Crippen molar-refractivity contribution < 1.29 is 32.5 Å². The molecule has 38 heavy (non-hydrogen) atoms. The number of fused-ring (bicyclic) bond motifs is 3. The van der Waals surface area contributed by atoms with Crippen molar-refractivity contribution in [3.63, 3.8) is 0 Å². The van der Waals surface area contributed by atoms with Gasteiger partial charge in [-0.25, -0.2) is 8.42 Å². The van der Waals surface area contributed by atoms with Gasteiger partial charge < -0.3 is 19.2 Å². The number of phenols is 2. The zero-order valence-electron chi connectivity index (χ0n) is 20.4. The maximum atomic E-state index is 12.3. The van der Waals surface area contributed by atoms with Crippen molar-refractivity contribution in [2.75, 3.05) is 45.8 Å². The summed E-state index contributed by atoms with van der Waals surface area (Å²) < 4.78 is 33.2. The molecule has 0 amide bonds. The van der Waals surface area contributed by atoms with Crippen LogP contribution in [0.4, 0.5) is 11.4 Å². The fourth-order valence-corrected chi connectivity index (χ4v) is 4.98. The summed E-state index contributed by atoms with van der Waals surface area (Å²) in [6.45, 7) is 7.46. The number of ketones is 1. The number of rotatable bonds is 6. The molecule has 3 heterocycles. The number of hydrogen-bond acceptors (Lipinski definition) is 9. The predicted octanol–water partition coefficient (Wildman–Crippen LogP) is 4.09. The zero-order chi connectivity index (χ0) is 27.3. The second-order valence-electron chi connectivity index (χ2n) is 9.26. The maximum Gasteiger partial charge on any atom is 0.216 e. The lowest BCUT2D eigenvalue weighted by molar-refractivity contribution is -0.933. The first-order valence-corrected chi connectivity index (χ1v) is 13.7. The summed E-state index contributed by atoms with van der Waals surface area (Å²) in [5, 5.41) is 26.8. The molecule has 2 N–H and O–H groups in total. The fourth-order valence-electron chi connectivity index (χ4n) is 4.39. The van der Waals surface area contributed by atoms with Gasteiger partial charge in [-0.05, 0) is 60.7 Å². The first kappa shape index (κ1) is 27.7. The van der Waals surface area contributed by atoms with Crippen molar-refractivity contribution >= 4 is 38.9 Å². The molecule has 0 aromatic heterocycles. The van der Waals surface area contributed by atoms with Crippen LogP contribution < -0.4 is 0 Å². The van der Waals surface area contributed by atoms with E-state index >= 15 is 0 Å². The molecule has 10 nitrogen and oxygen atoms in total. The highest BCUT2D eigenvalue weighted by Gasteiger charge is 2.39. The van der Waals surface area contributed by atoms with Crippen LogP contribution in [0.1, 0.15) is 10.4 Å². The SMILES string of the molecule is O=C(C[N+]12CCN(CC1)CC2)c1ccc(Cl)cc1.O=S(=O)([O-])c1ccc(N=Nc2ccc(O)cc2O)cc1. The van der Waals surface area contributed by atoms with Gasteiger partial charge in [-0.15, -0.1) is 5.11 Å². The van der Waals surface area contributed by atoms with Crippen LogP contribution in [-0.2, 0) is 10.1 Å². The summed E-state index contributed by atoms with van der Waals surface area (Å²) in [6.07, 6.45) is 0. The predicted molar refractivity (Wildman–Crippen MR) is 140 cm³/mol. The van der Waals surface area contributed by atoms with Gasteiger partial charge in [-0.3, -0.25) is 9.69 Å². The van der Waals surface area contributed by atoms with Crippen LogP contribution in [0.25, 0.3) is 0 Å². The van der Waals surface area contributed by atoms with Crippen molar-refractivity contribution in [1.82, 2.24) is 4.90 Å². The molecule has 0 spiro atoms. The number of hydrogen-bond donors (Lipinski definition) is 2. The normalized spacial score (nSPS) is 20.6. The Hall–Kier alpha value is -3.35. The monoisotopic (exact) mass is 558 g/mol. The van der Waals surface area contributed by atoms with E-state index in [9.17, 15) is 22.9 Å². The van der Waals surface area contributed by atoms with Gasteiger partial charge in [0.15, 0.2) is 0 Å². The second kappa shape index (κ2) is 11.6. The van der Waals surface area contributed by atoms with Crippen LogP contribution in [-0.4, -0.2) is 84.2 Å². The number of aromatic hydroxyl groups is 2. The van der Waals surface area contributed by atoms with E-state index in [1.165, 1.54) is 24.3 Å². The highest BCUT2D eigenvalue weighted by molar-refractivity contribution is 7.85. The van der Waals surface area contributed by atoms with E-state index in [0.29, 0.717) is 17.3 Å². The Bertz CT molecular complexity index is 1410. The van der Waals surface area contributed by atoms with Gasteiger partial charge in [-0.2, -0.15) is 5.11 Å². The molecule has 0 unspecified atom stereocenters. The van der Waals surface area contributed by atoms with E-state index < -0.39 is 10.1 Å². The number of azo groups is 1. The Balaban J connectivity index is 0.000000178. The van der Waals surface area contributed by atoms with Gasteiger partial charge in [-0.1, -0.05) is 11.6 Å². The number of Topliss-reactive ketones (excluding diaryl/α,β-unsaturated/α-hetero) is 1. The number of phenolic OH excluding ortho intramolecular Hbond substituents is 2. The fraction of sp³-hybridized carbons (Fsp3) is 0.269. The minimum absolute atomic E-state index is 0.105. The van der Waals surface area contributed by atoms with E-state index in [1.54, 1.807) is 12.1 Å². The first-order chi connectivity index (χ1) is 18.0. The van der Waals surface area contributed by atoms with E-state index in [1.807, 2.05) is 12.1 Å². The minimum Gasteiger partial charge on any atom is -0.744 e. The lowest BCUT2D eigenvalue weighted by Gasteiger charge is -2.50. The Labute approximate surface area is 225 Å². The van der Waals surface area contributed by atoms with Crippen molar-refractivity contribution in [2.24, 2.45) is 10.2 Å². The van der Waals surface area contributed by atoms with Crippen LogP contribution in [0.15, 0.2) is 81.9 Å². The Kier molecular flexibility index (Phi) is 8.44. The lowest BCUT2D eigenvalue weighted by atomic mass is 10.1. The Morgan fingerprint density at radius 1 is 0.921 bits per heavy atom. The van der Waals surface area contributed by atoms with Gasteiger partial charge in [0.05, 0.1) is 30.2 Å². The zero-order valence-corrected chi connectivity index (χ0v) is 22.0. The molecule has 2 bridgehead atoms. The van der Waals surface area contributed by atoms with Crippen LogP contribution in [0.2, 0.25) is 5.02 Å². The third-order valence-corrected chi connectivity index (χ3v) is 7.78. The van der Waals surface area contributed by atoms with E-state index in [4.69, 9.17) is 16.7 Å². The van der Waals surface area contributed by atoms with Gasteiger partial charge in [0, 0.05) is 36.3 Å². The van der Waals surface area contributed by atoms with Crippen molar-refractivity contribution in [3.05, 3.63) is 77.3 Å². The van der Waals surface area contributed by atoms with Crippen LogP contribution in [0.5, 0.6) is 11.5 Å². The molecule has 3 saturated heterocycles. The Morgan fingerprint density at radius 3 is 2.08 bits per heavy atom. The number of carbonyl (C=O) groups excluding carboxylic acids is 1. The molecule has 0 atom stereocenters. The number of quaternary nitrogens is 1. The molecule has 0 radical (unpaired) electrons. The molecule has 3 fully saturated rings. The molecular formula is C26H27ClN4O6S. The molecule has 3 aliphatic heterocycles. The number of nitrogens with zero attached hydrogens (tertiary/aromatic N) is 4. The first-order valence-electron chi connectivity index (χ1n) is 11.9. The molecule has 3 aliphatic rings. The number of benzene rings is 3. The standard InChI is InChI=1S/C14H18ClN2O.C12H10N2O5S/c15-13-3-1-12(2-4-13)14(18)11-17-8-5-16(6-9-17)7-10-17;15-9-3-6-11(12(16)7-9)14-13-8-1-4-10(5-2-8)20(17,18)19/h1-4H,5-11H2;1-7,15-16H,(H,17,18,19)/q+1;/p-1. The molecular weight excluding hydrogens is 532 g/mol. The topological polar surface area (TPSA) is 143 Å². The largest absolute Gasteiger partial charge is 0.744 e. The van der Waals surface area contributed by atoms with E-state index in [-0.39, 0.29) is 27.9 Å².